The fraction of sp³-hybridized carbons (Fsp3) is 0.812. The van der Waals surface area contributed by atoms with E-state index in [9.17, 15) is 44.7 Å². The van der Waals surface area contributed by atoms with Gasteiger partial charge in [0.1, 0.15) is 5.54 Å². The molecule has 0 saturated carbocycles. The molecule has 2 rings (SSSR count). The lowest BCUT2D eigenvalue weighted by atomic mass is 9.78. The van der Waals surface area contributed by atoms with Crippen molar-refractivity contribution >= 4 is 35.2 Å². The van der Waals surface area contributed by atoms with E-state index in [4.69, 9.17) is 35.6 Å². The average molecular weight is 592 g/mol. The summed E-state index contributed by atoms with van der Waals surface area (Å²) in [6.07, 6.45) is -9.40. The highest BCUT2D eigenvalue weighted by Gasteiger charge is 2.53. The number of nitrogens with two attached hydrogens (primary N) is 1. The van der Waals surface area contributed by atoms with E-state index in [1.54, 1.807) is 0 Å². The minimum Gasteiger partial charge on any atom is -0.480 e. The third-order valence-corrected chi connectivity index (χ3v) is 7.17. The summed E-state index contributed by atoms with van der Waals surface area (Å²) in [6, 6.07) is 0. The van der Waals surface area contributed by atoms with Gasteiger partial charge >= 0.3 is 37.4 Å². The number of hydrogen-bond acceptors (Lipinski definition) is 9. The Morgan fingerprint density at radius 2 is 1.37 bits per heavy atom. The van der Waals surface area contributed by atoms with Crippen molar-refractivity contribution in [2.75, 3.05) is 39.3 Å². The highest BCUT2D eigenvalue weighted by molar-refractivity contribution is 7.86. The average Bonchev–Trinajstić information content (AvgIpc) is 3.12. The van der Waals surface area contributed by atoms with Crippen LogP contribution in [0, 0.1) is 5.92 Å². The van der Waals surface area contributed by atoms with Gasteiger partial charge in [-0.15, -0.1) is 0 Å². The van der Waals surface area contributed by atoms with Crippen LogP contribution >= 0.6 is 0 Å². The number of aliphatic carboxylic acids is 3. The first-order chi connectivity index (χ1) is 17.1. The van der Waals surface area contributed by atoms with Gasteiger partial charge in [0.25, 0.3) is 10.2 Å². The Kier molecular flexibility index (Phi) is 13.4. The molecule has 2 fully saturated rings. The van der Waals surface area contributed by atoms with Gasteiger partial charge in [0.2, 0.25) is 0 Å². The summed E-state index contributed by atoms with van der Waals surface area (Å²) in [5, 5.41) is 44.6. The number of piperazine rings is 1. The zero-order valence-electron chi connectivity index (χ0n) is 19.4. The molecule has 2 atom stereocenters. The van der Waals surface area contributed by atoms with Crippen LogP contribution in [-0.2, 0) is 24.6 Å². The second-order valence-electron chi connectivity index (χ2n) is 8.01. The van der Waals surface area contributed by atoms with Crippen molar-refractivity contribution < 1.29 is 74.5 Å². The van der Waals surface area contributed by atoms with Gasteiger partial charge in [-0.05, 0) is 12.7 Å². The maximum Gasteiger partial charge on any atom is 0.490 e. The lowest BCUT2D eigenvalue weighted by Crippen LogP contribution is -2.56. The number of carboxylic acids is 3. The second kappa shape index (κ2) is 14.2. The van der Waals surface area contributed by atoms with Gasteiger partial charge in [-0.25, -0.2) is 9.59 Å². The summed E-state index contributed by atoms with van der Waals surface area (Å²) in [5.41, 5.74) is 4.35. The van der Waals surface area contributed by atoms with E-state index in [1.165, 1.54) is 4.31 Å². The van der Waals surface area contributed by atoms with Gasteiger partial charge in [-0.1, -0.05) is 6.42 Å². The van der Waals surface area contributed by atoms with Crippen LogP contribution in [0.15, 0.2) is 0 Å². The zero-order valence-corrected chi connectivity index (χ0v) is 20.3. The smallest absolute Gasteiger partial charge is 0.480 e. The van der Waals surface area contributed by atoms with Crippen LogP contribution in [0.1, 0.15) is 12.8 Å². The van der Waals surface area contributed by atoms with Crippen LogP contribution in [0.4, 0.5) is 26.3 Å². The molecule has 0 unspecified atom stereocenters. The first-order valence-corrected chi connectivity index (χ1v) is 11.9. The molecule has 0 aromatic heterocycles. The minimum atomic E-state index is -5.08. The molecule has 0 aliphatic carbocycles. The number of halogens is 6. The highest BCUT2D eigenvalue weighted by Crippen LogP contribution is 2.33. The molecule has 0 amide bonds. The van der Waals surface area contributed by atoms with E-state index in [1.807, 2.05) is 0 Å². The first-order valence-electron chi connectivity index (χ1n) is 10.5. The lowest BCUT2D eigenvalue weighted by Gasteiger charge is -2.30. The third-order valence-electron chi connectivity index (χ3n) is 5.22. The Bertz CT molecular complexity index is 893. The predicted molar refractivity (Wildman–Crippen MR) is 115 cm³/mol. The summed E-state index contributed by atoms with van der Waals surface area (Å²) in [4.78, 5) is 29.4. The molecule has 0 spiro atoms. The van der Waals surface area contributed by atoms with Gasteiger partial charge < -0.3 is 36.4 Å². The topological polar surface area (TPSA) is 231 Å². The molecule has 0 aromatic rings. The molecule has 2 aliphatic rings. The highest BCUT2D eigenvalue weighted by atomic mass is 32.2. The number of rotatable bonds is 7. The molecular weight excluding hydrogens is 565 g/mol. The standard InChI is InChI=1S/C12H25BN4O6S.2C2HF3O2/c14-12(11(18)19)9-17(8-10(12)2-1-3-13(20)21)24(22,23)16-6-4-15-5-7-16;2*3-2(4,5)1(6)7/h10,15,20-21H,1-9,14H2,(H,18,19);2*(H,6,7)/t10-,12-;;/m0../s1. The summed E-state index contributed by atoms with van der Waals surface area (Å²) in [5.74, 6) is -7.33. The Labute approximate surface area is 212 Å². The van der Waals surface area contributed by atoms with Crippen LogP contribution in [0.2, 0.25) is 6.32 Å². The van der Waals surface area contributed by atoms with Gasteiger partial charge in [0, 0.05) is 45.2 Å². The fourth-order valence-corrected chi connectivity index (χ4v) is 4.96. The molecule has 2 aliphatic heterocycles. The Hall–Kier alpha value is -2.24. The number of hydrogen-bond donors (Lipinski definition) is 7. The normalized spacial score (nSPS) is 22.9. The van der Waals surface area contributed by atoms with Crippen molar-refractivity contribution in [3.63, 3.8) is 0 Å². The first kappa shape index (κ1) is 35.8. The van der Waals surface area contributed by atoms with Gasteiger partial charge in [0.05, 0.1) is 0 Å². The van der Waals surface area contributed by atoms with Crippen LogP contribution in [0.3, 0.4) is 0 Å². The summed E-state index contributed by atoms with van der Waals surface area (Å²) >= 11 is 0. The van der Waals surface area contributed by atoms with Gasteiger partial charge in [-0.3, -0.25) is 4.79 Å². The molecular formula is C16H27BF6N4O10S. The monoisotopic (exact) mass is 592 g/mol. The lowest BCUT2D eigenvalue weighted by molar-refractivity contribution is -0.193. The van der Waals surface area contributed by atoms with E-state index in [0.29, 0.717) is 39.0 Å². The maximum atomic E-state index is 12.7. The molecule has 0 bridgehead atoms. The van der Waals surface area contributed by atoms with Crippen molar-refractivity contribution in [2.24, 2.45) is 11.7 Å². The van der Waals surface area contributed by atoms with Crippen molar-refractivity contribution in [3.05, 3.63) is 0 Å². The summed E-state index contributed by atoms with van der Waals surface area (Å²) in [6.45, 7) is 1.53. The van der Waals surface area contributed by atoms with E-state index < -0.39 is 59.0 Å². The molecule has 38 heavy (non-hydrogen) atoms. The van der Waals surface area contributed by atoms with Crippen LogP contribution in [0.5, 0.6) is 0 Å². The number of nitrogens with zero attached hydrogens (tertiary/aromatic N) is 2. The molecule has 2 heterocycles. The second-order valence-corrected chi connectivity index (χ2v) is 9.94. The van der Waals surface area contributed by atoms with Crippen molar-refractivity contribution in [3.8, 4) is 0 Å². The zero-order chi connectivity index (χ0) is 30.1. The van der Waals surface area contributed by atoms with E-state index in [0.717, 1.165) is 4.31 Å². The van der Waals surface area contributed by atoms with Crippen LogP contribution in [0.25, 0.3) is 0 Å². The van der Waals surface area contributed by atoms with Crippen molar-refractivity contribution in [2.45, 2.75) is 37.1 Å². The minimum absolute atomic E-state index is 0.0244. The number of carbonyl (C=O) groups is 3. The Morgan fingerprint density at radius 1 is 0.947 bits per heavy atom. The van der Waals surface area contributed by atoms with E-state index in [-0.39, 0.29) is 19.4 Å². The predicted octanol–water partition coefficient (Wildman–Crippen LogP) is -1.63. The number of nitrogens with one attached hydrogen (secondary N) is 1. The quantitative estimate of drug-likeness (QED) is 0.131. The SMILES string of the molecule is N[C@@]1(C(=O)O)CN(S(=O)(=O)N2CCNCC2)C[C@@H]1CCCB(O)O.O=C(O)C(F)(F)F.O=C(O)C(F)(F)F. The summed E-state index contributed by atoms with van der Waals surface area (Å²) in [7, 11) is -5.22. The van der Waals surface area contributed by atoms with Crippen molar-refractivity contribution in [1.29, 1.82) is 0 Å². The number of alkyl halides is 6. The Balaban J connectivity index is 0.000000804. The molecule has 22 heteroatoms. The molecule has 2 saturated heterocycles. The van der Waals surface area contributed by atoms with Gasteiger partial charge in [0.15, 0.2) is 0 Å². The largest absolute Gasteiger partial charge is 0.490 e. The molecule has 0 radical (unpaired) electrons. The molecule has 8 N–H and O–H groups in total. The number of carboxylic acid groups (broad SMARTS) is 3. The molecule has 14 nitrogen and oxygen atoms in total. The fourth-order valence-electron chi connectivity index (χ4n) is 3.25. The van der Waals surface area contributed by atoms with Crippen LogP contribution < -0.4 is 11.1 Å². The Morgan fingerprint density at radius 3 is 1.71 bits per heavy atom. The third kappa shape index (κ3) is 11.2. The molecule has 222 valence electrons. The van der Waals surface area contributed by atoms with E-state index >= 15 is 0 Å². The maximum absolute atomic E-state index is 12.7. The van der Waals surface area contributed by atoms with Crippen LogP contribution in [-0.4, -0.2) is 125 Å². The van der Waals surface area contributed by atoms with Crippen molar-refractivity contribution in [1.82, 2.24) is 13.9 Å². The summed E-state index contributed by atoms with van der Waals surface area (Å²) < 4.78 is 91.4. The van der Waals surface area contributed by atoms with Gasteiger partial charge in [-0.2, -0.15) is 43.4 Å². The molecule has 0 aromatic carbocycles. The van der Waals surface area contributed by atoms with E-state index in [2.05, 4.69) is 5.32 Å².